The van der Waals surface area contributed by atoms with Gasteiger partial charge in [0.25, 0.3) is 0 Å². The van der Waals surface area contributed by atoms with E-state index in [1.165, 1.54) is 32.2 Å². The quantitative estimate of drug-likeness (QED) is 0.560. The van der Waals surface area contributed by atoms with Gasteiger partial charge in [-0.25, -0.2) is 8.42 Å². The van der Waals surface area contributed by atoms with E-state index in [-0.39, 0.29) is 29.0 Å². The molecule has 0 saturated carbocycles. The predicted molar refractivity (Wildman–Crippen MR) is 115 cm³/mol. The summed E-state index contributed by atoms with van der Waals surface area (Å²) in [5.74, 6) is -0.677. The van der Waals surface area contributed by atoms with Gasteiger partial charge in [0.05, 0.1) is 7.11 Å². The molecule has 30 heavy (non-hydrogen) atoms. The summed E-state index contributed by atoms with van der Waals surface area (Å²) in [5, 5.41) is 5.29. The molecule has 0 aliphatic rings. The molecule has 2 amide bonds. The van der Waals surface area contributed by atoms with Crippen LogP contribution in [0, 0.1) is 0 Å². The van der Waals surface area contributed by atoms with Gasteiger partial charge in [-0.2, -0.15) is 4.72 Å². The highest BCUT2D eigenvalue weighted by atomic mass is 32.2. The Labute approximate surface area is 177 Å². The number of carbonyl (C=O) groups is 2. The van der Waals surface area contributed by atoms with Crippen molar-refractivity contribution in [1.82, 2.24) is 10.0 Å². The van der Waals surface area contributed by atoms with Crippen LogP contribution in [-0.4, -0.2) is 39.4 Å². The molecule has 0 aliphatic carbocycles. The molecule has 0 bridgehead atoms. The normalized spacial score (nSPS) is 12.3. The number of rotatable bonds is 9. The van der Waals surface area contributed by atoms with Crippen molar-refractivity contribution in [3.8, 4) is 5.75 Å². The van der Waals surface area contributed by atoms with E-state index in [2.05, 4.69) is 15.4 Å². The second-order valence-electron chi connectivity index (χ2n) is 7.07. The Morgan fingerprint density at radius 3 is 2.30 bits per heavy atom. The van der Waals surface area contributed by atoms with Crippen LogP contribution in [0.5, 0.6) is 5.75 Å². The summed E-state index contributed by atoms with van der Waals surface area (Å²) in [7, 11) is -2.80. The van der Waals surface area contributed by atoms with E-state index in [1.807, 2.05) is 30.3 Å². The summed E-state index contributed by atoms with van der Waals surface area (Å²) in [6.45, 7) is 4.92. The molecule has 2 aromatic rings. The van der Waals surface area contributed by atoms with Gasteiger partial charge in [-0.3, -0.25) is 9.59 Å². The maximum atomic E-state index is 13.2. The largest absolute Gasteiger partial charge is 0.495 e. The molecule has 0 aliphatic heterocycles. The molecular formula is C21H27N3O5S. The number of ether oxygens (including phenoxy) is 1. The first-order valence-electron chi connectivity index (χ1n) is 9.44. The van der Waals surface area contributed by atoms with Crippen LogP contribution in [0.3, 0.4) is 0 Å². The molecule has 9 heteroatoms. The van der Waals surface area contributed by atoms with Crippen LogP contribution >= 0.6 is 0 Å². The van der Waals surface area contributed by atoms with Gasteiger partial charge in [0.1, 0.15) is 16.7 Å². The summed E-state index contributed by atoms with van der Waals surface area (Å²) < 4.78 is 34.0. The lowest BCUT2D eigenvalue weighted by Crippen LogP contribution is -2.49. The number of sulfonamides is 1. The average molecular weight is 434 g/mol. The van der Waals surface area contributed by atoms with Gasteiger partial charge in [0, 0.05) is 18.7 Å². The fraction of sp³-hybridized carbons (Fsp3) is 0.333. The summed E-state index contributed by atoms with van der Waals surface area (Å²) in [6, 6.07) is 12.2. The van der Waals surface area contributed by atoms with Crippen LogP contribution in [0.25, 0.3) is 0 Å². The highest BCUT2D eigenvalue weighted by Crippen LogP contribution is 2.27. The minimum Gasteiger partial charge on any atom is -0.495 e. The Kier molecular flexibility index (Phi) is 7.96. The van der Waals surface area contributed by atoms with Crippen molar-refractivity contribution in [2.75, 3.05) is 12.4 Å². The minimum atomic E-state index is -4.15. The zero-order valence-electron chi connectivity index (χ0n) is 17.4. The van der Waals surface area contributed by atoms with Crippen molar-refractivity contribution < 1.29 is 22.7 Å². The smallest absolute Gasteiger partial charge is 0.245 e. The van der Waals surface area contributed by atoms with Gasteiger partial charge in [0.2, 0.25) is 21.8 Å². The first-order chi connectivity index (χ1) is 14.1. The van der Waals surface area contributed by atoms with Gasteiger partial charge in [0.15, 0.2) is 0 Å². The van der Waals surface area contributed by atoms with Crippen LogP contribution in [0.4, 0.5) is 5.69 Å². The fourth-order valence-corrected chi connectivity index (χ4v) is 4.23. The number of carbonyl (C=O) groups excluding carboxylic acids is 2. The number of benzene rings is 2. The molecule has 0 saturated heterocycles. The van der Waals surface area contributed by atoms with Gasteiger partial charge in [-0.1, -0.05) is 30.3 Å². The molecule has 1 atom stereocenters. The van der Waals surface area contributed by atoms with E-state index in [9.17, 15) is 18.0 Å². The molecule has 162 valence electrons. The summed E-state index contributed by atoms with van der Waals surface area (Å²) >= 11 is 0. The van der Waals surface area contributed by atoms with Crippen molar-refractivity contribution in [3.05, 3.63) is 54.1 Å². The van der Waals surface area contributed by atoms with Crippen LogP contribution in [0.15, 0.2) is 53.4 Å². The molecule has 0 radical (unpaired) electrons. The molecule has 2 aromatic carbocycles. The van der Waals surface area contributed by atoms with E-state index < -0.39 is 22.0 Å². The number of methoxy groups -OCH3 is 1. The summed E-state index contributed by atoms with van der Waals surface area (Å²) in [4.78, 5) is 23.9. The molecule has 3 N–H and O–H groups in total. The average Bonchev–Trinajstić information content (AvgIpc) is 2.67. The summed E-state index contributed by atoms with van der Waals surface area (Å²) in [6.07, 6.45) is 0.173. The Bertz CT molecular complexity index is 991. The van der Waals surface area contributed by atoms with Crippen LogP contribution in [0.2, 0.25) is 0 Å². The number of hydrogen-bond donors (Lipinski definition) is 3. The maximum Gasteiger partial charge on any atom is 0.245 e. The molecule has 0 spiro atoms. The van der Waals surface area contributed by atoms with Gasteiger partial charge < -0.3 is 15.4 Å². The standard InChI is InChI=1S/C21H27N3O5S/c1-14(2)22-21(26)18(12-16-8-6-5-7-9-16)24-30(27,28)20-13-17(23-15(3)25)10-11-19(20)29-4/h5-11,13-14,18,24H,12H2,1-4H3,(H,22,26)(H,23,25)/t18-/m0/s1. The topological polar surface area (TPSA) is 114 Å². The first kappa shape index (κ1) is 23.4. The minimum absolute atomic E-state index is 0.0966. The van der Waals surface area contributed by atoms with Crippen molar-refractivity contribution in [3.63, 3.8) is 0 Å². The number of hydrogen-bond acceptors (Lipinski definition) is 5. The maximum absolute atomic E-state index is 13.2. The fourth-order valence-electron chi connectivity index (χ4n) is 2.84. The molecule has 0 unspecified atom stereocenters. The van der Waals surface area contributed by atoms with Crippen LogP contribution in [-0.2, 0) is 26.0 Å². The molecule has 0 heterocycles. The Hall–Kier alpha value is -2.91. The monoisotopic (exact) mass is 433 g/mol. The van der Waals surface area contributed by atoms with Crippen molar-refractivity contribution in [2.24, 2.45) is 0 Å². The number of nitrogens with one attached hydrogen (secondary N) is 3. The van der Waals surface area contributed by atoms with Gasteiger partial charge in [-0.15, -0.1) is 0 Å². The van der Waals surface area contributed by atoms with Crippen LogP contribution < -0.4 is 20.1 Å². The Morgan fingerprint density at radius 1 is 1.07 bits per heavy atom. The molecule has 2 rings (SSSR count). The molecule has 0 aromatic heterocycles. The molecule has 8 nitrogen and oxygen atoms in total. The van der Waals surface area contributed by atoms with Crippen molar-refractivity contribution in [2.45, 2.75) is 44.2 Å². The Balaban J connectivity index is 2.39. The third kappa shape index (κ3) is 6.57. The lowest BCUT2D eigenvalue weighted by atomic mass is 10.1. The van der Waals surface area contributed by atoms with Crippen LogP contribution in [0.1, 0.15) is 26.3 Å². The summed E-state index contributed by atoms with van der Waals surface area (Å²) in [5.41, 5.74) is 1.11. The van der Waals surface area contributed by atoms with Crippen molar-refractivity contribution in [1.29, 1.82) is 0 Å². The van der Waals surface area contributed by atoms with Crippen molar-refractivity contribution >= 4 is 27.5 Å². The zero-order chi connectivity index (χ0) is 22.3. The SMILES string of the molecule is COc1ccc(NC(C)=O)cc1S(=O)(=O)N[C@@H](Cc1ccccc1)C(=O)NC(C)C. The van der Waals surface area contributed by atoms with E-state index in [0.717, 1.165) is 5.56 Å². The lowest BCUT2D eigenvalue weighted by Gasteiger charge is -2.21. The lowest BCUT2D eigenvalue weighted by molar-refractivity contribution is -0.123. The second kappa shape index (κ2) is 10.2. The van der Waals surface area contributed by atoms with Gasteiger partial charge >= 0.3 is 0 Å². The van der Waals surface area contributed by atoms with E-state index in [0.29, 0.717) is 5.69 Å². The molecule has 0 fully saturated rings. The van der Waals surface area contributed by atoms with E-state index in [1.54, 1.807) is 13.8 Å². The number of amides is 2. The highest BCUT2D eigenvalue weighted by molar-refractivity contribution is 7.89. The zero-order valence-corrected chi connectivity index (χ0v) is 18.2. The Morgan fingerprint density at radius 2 is 1.73 bits per heavy atom. The van der Waals surface area contributed by atoms with E-state index in [4.69, 9.17) is 4.74 Å². The second-order valence-corrected chi connectivity index (χ2v) is 8.76. The first-order valence-corrected chi connectivity index (χ1v) is 10.9. The number of anilines is 1. The third-order valence-corrected chi connectivity index (χ3v) is 5.59. The third-order valence-electron chi connectivity index (χ3n) is 4.10. The van der Waals surface area contributed by atoms with E-state index >= 15 is 0 Å². The van der Waals surface area contributed by atoms with Gasteiger partial charge in [-0.05, 0) is 44.0 Å². The predicted octanol–water partition coefficient (Wildman–Crippen LogP) is 2.07. The highest BCUT2D eigenvalue weighted by Gasteiger charge is 2.29. The molecular weight excluding hydrogens is 406 g/mol.